The van der Waals surface area contributed by atoms with E-state index in [1.54, 1.807) is 7.11 Å². The molecule has 4 atom stereocenters. The van der Waals surface area contributed by atoms with Crippen molar-refractivity contribution in [3.63, 3.8) is 0 Å². The summed E-state index contributed by atoms with van der Waals surface area (Å²) in [6.45, 7) is 9.76. The molecule has 0 aromatic rings. The molecule has 0 N–H and O–H groups in total. The van der Waals surface area contributed by atoms with Gasteiger partial charge in [-0.2, -0.15) is 0 Å². The molecular formula is C14H26FNO. The molecule has 2 heterocycles. The van der Waals surface area contributed by atoms with Crippen LogP contribution in [0, 0.1) is 5.41 Å². The van der Waals surface area contributed by atoms with E-state index in [-0.39, 0.29) is 23.1 Å². The Balaban J connectivity index is 2.31. The molecule has 2 aliphatic heterocycles. The van der Waals surface area contributed by atoms with Crippen LogP contribution in [0.4, 0.5) is 4.39 Å². The minimum absolute atomic E-state index is 0.0210. The van der Waals surface area contributed by atoms with Crippen LogP contribution < -0.4 is 0 Å². The van der Waals surface area contributed by atoms with E-state index in [0.717, 1.165) is 13.0 Å². The van der Waals surface area contributed by atoms with Gasteiger partial charge in [-0.3, -0.25) is 4.90 Å². The van der Waals surface area contributed by atoms with Crippen molar-refractivity contribution in [2.75, 3.05) is 13.7 Å². The van der Waals surface area contributed by atoms with Crippen LogP contribution >= 0.6 is 0 Å². The summed E-state index contributed by atoms with van der Waals surface area (Å²) < 4.78 is 19.8. The zero-order valence-corrected chi connectivity index (χ0v) is 11.8. The van der Waals surface area contributed by atoms with Crippen molar-refractivity contribution in [2.24, 2.45) is 5.41 Å². The van der Waals surface area contributed by atoms with Crippen LogP contribution in [0.1, 0.15) is 47.0 Å². The molecular weight excluding hydrogens is 217 g/mol. The van der Waals surface area contributed by atoms with E-state index >= 15 is 0 Å². The number of ether oxygens (including phenoxy) is 1. The SMILES string of the molecule is COC(C)C1C(F)CC2(C(C)(C)C)CCCN12. The van der Waals surface area contributed by atoms with E-state index in [4.69, 9.17) is 4.74 Å². The van der Waals surface area contributed by atoms with Crippen molar-refractivity contribution in [1.82, 2.24) is 4.90 Å². The van der Waals surface area contributed by atoms with Gasteiger partial charge in [0.2, 0.25) is 0 Å². The maximum atomic E-state index is 14.4. The van der Waals surface area contributed by atoms with Gasteiger partial charge in [0, 0.05) is 12.6 Å². The van der Waals surface area contributed by atoms with Crippen LogP contribution in [0.2, 0.25) is 0 Å². The molecule has 0 spiro atoms. The summed E-state index contributed by atoms with van der Waals surface area (Å²) in [4.78, 5) is 2.41. The molecule has 17 heavy (non-hydrogen) atoms. The van der Waals surface area contributed by atoms with Gasteiger partial charge in [0.1, 0.15) is 6.17 Å². The van der Waals surface area contributed by atoms with Gasteiger partial charge in [-0.25, -0.2) is 4.39 Å². The monoisotopic (exact) mass is 243 g/mol. The lowest BCUT2D eigenvalue weighted by atomic mass is 9.71. The van der Waals surface area contributed by atoms with Crippen molar-refractivity contribution in [3.8, 4) is 0 Å². The van der Waals surface area contributed by atoms with Gasteiger partial charge in [0.15, 0.2) is 0 Å². The molecule has 2 fully saturated rings. The highest BCUT2D eigenvalue weighted by Crippen LogP contribution is 2.53. The standard InChI is InChI=1S/C14H26FNO/c1-10(17-5)12-11(15)9-14(13(2,3)4)7-6-8-16(12)14/h10-12H,6-9H2,1-5H3. The van der Waals surface area contributed by atoms with Crippen LogP contribution in [0.15, 0.2) is 0 Å². The molecule has 2 saturated heterocycles. The third-order valence-electron chi connectivity index (χ3n) is 5.05. The second-order valence-electron chi connectivity index (χ2n) is 6.73. The molecule has 0 aromatic carbocycles. The minimum Gasteiger partial charge on any atom is -0.380 e. The molecule has 2 rings (SSSR count). The number of rotatable bonds is 2. The molecule has 0 bridgehead atoms. The topological polar surface area (TPSA) is 12.5 Å². The third-order valence-corrected chi connectivity index (χ3v) is 5.05. The smallest absolute Gasteiger partial charge is 0.120 e. The normalized spacial score (nSPS) is 40.6. The van der Waals surface area contributed by atoms with Crippen molar-refractivity contribution in [2.45, 2.75) is 70.8 Å². The minimum atomic E-state index is -0.746. The summed E-state index contributed by atoms with van der Waals surface area (Å²) in [5.74, 6) is 0. The fourth-order valence-electron chi connectivity index (χ4n) is 3.99. The highest BCUT2D eigenvalue weighted by atomic mass is 19.1. The van der Waals surface area contributed by atoms with Crippen molar-refractivity contribution in [3.05, 3.63) is 0 Å². The van der Waals surface area contributed by atoms with Gasteiger partial charge in [-0.15, -0.1) is 0 Å². The third kappa shape index (κ3) is 1.82. The first-order chi connectivity index (χ1) is 7.83. The fraction of sp³-hybridized carbons (Fsp3) is 1.00. The van der Waals surface area contributed by atoms with E-state index in [0.29, 0.717) is 6.42 Å². The van der Waals surface area contributed by atoms with E-state index in [9.17, 15) is 4.39 Å². The van der Waals surface area contributed by atoms with E-state index in [1.165, 1.54) is 6.42 Å². The second kappa shape index (κ2) is 4.20. The molecule has 0 radical (unpaired) electrons. The summed E-state index contributed by atoms with van der Waals surface area (Å²) in [6, 6.07) is -0.0540. The highest BCUT2D eigenvalue weighted by molar-refractivity contribution is 5.14. The van der Waals surface area contributed by atoms with Crippen LogP contribution in [0.5, 0.6) is 0 Å². The number of methoxy groups -OCH3 is 1. The van der Waals surface area contributed by atoms with E-state index < -0.39 is 6.17 Å². The number of hydrogen-bond acceptors (Lipinski definition) is 2. The van der Waals surface area contributed by atoms with Crippen LogP contribution in [0.3, 0.4) is 0 Å². The molecule has 0 aromatic heterocycles. The Hall–Kier alpha value is -0.150. The Morgan fingerprint density at radius 1 is 1.41 bits per heavy atom. The molecule has 4 unspecified atom stereocenters. The number of fused-ring (bicyclic) bond motifs is 1. The number of hydrogen-bond donors (Lipinski definition) is 0. The summed E-state index contributed by atoms with van der Waals surface area (Å²) in [5.41, 5.74) is 0.180. The zero-order valence-electron chi connectivity index (χ0n) is 11.8. The van der Waals surface area contributed by atoms with Crippen molar-refractivity contribution >= 4 is 0 Å². The number of nitrogens with zero attached hydrogens (tertiary/aromatic N) is 1. The van der Waals surface area contributed by atoms with Gasteiger partial charge >= 0.3 is 0 Å². The molecule has 0 aliphatic carbocycles. The average Bonchev–Trinajstić information content (AvgIpc) is 2.72. The van der Waals surface area contributed by atoms with E-state index in [2.05, 4.69) is 25.7 Å². The summed E-state index contributed by atoms with van der Waals surface area (Å²) in [6.07, 6.45) is 2.23. The van der Waals surface area contributed by atoms with E-state index in [1.807, 2.05) is 6.92 Å². The van der Waals surface area contributed by atoms with Gasteiger partial charge in [-0.1, -0.05) is 20.8 Å². The largest absolute Gasteiger partial charge is 0.380 e. The van der Waals surface area contributed by atoms with Gasteiger partial charge < -0.3 is 4.74 Å². The maximum Gasteiger partial charge on any atom is 0.120 e. The highest BCUT2D eigenvalue weighted by Gasteiger charge is 2.60. The van der Waals surface area contributed by atoms with Gasteiger partial charge in [-0.05, 0) is 38.1 Å². The lowest BCUT2D eigenvalue weighted by molar-refractivity contribution is -0.0179. The van der Waals surface area contributed by atoms with Gasteiger partial charge in [0.05, 0.1) is 12.1 Å². The maximum absolute atomic E-state index is 14.4. The molecule has 3 heteroatoms. The quantitative estimate of drug-likeness (QED) is 0.739. The summed E-state index contributed by atoms with van der Waals surface area (Å²) in [7, 11) is 1.69. The molecule has 100 valence electrons. The average molecular weight is 243 g/mol. The molecule has 0 saturated carbocycles. The first-order valence-corrected chi connectivity index (χ1v) is 6.77. The first-order valence-electron chi connectivity index (χ1n) is 6.77. The lowest BCUT2D eigenvalue weighted by Crippen LogP contribution is -2.53. The molecule has 2 nitrogen and oxygen atoms in total. The Kier molecular flexibility index (Phi) is 3.28. The number of halogens is 1. The Labute approximate surface area is 105 Å². The Morgan fingerprint density at radius 3 is 2.59 bits per heavy atom. The van der Waals surface area contributed by atoms with Crippen LogP contribution in [-0.4, -0.2) is 42.4 Å². The zero-order chi connectivity index (χ0) is 12.8. The van der Waals surface area contributed by atoms with Crippen LogP contribution in [0.25, 0.3) is 0 Å². The summed E-state index contributed by atoms with van der Waals surface area (Å²) >= 11 is 0. The predicted octanol–water partition coefficient (Wildman–Crippen LogP) is 3.01. The van der Waals surface area contributed by atoms with Gasteiger partial charge in [0.25, 0.3) is 0 Å². The molecule has 0 amide bonds. The molecule has 2 aliphatic rings. The van der Waals surface area contributed by atoms with Crippen molar-refractivity contribution < 1.29 is 9.13 Å². The first kappa shape index (κ1) is 13.3. The predicted molar refractivity (Wildman–Crippen MR) is 67.9 cm³/mol. The fourth-order valence-corrected chi connectivity index (χ4v) is 3.99. The lowest BCUT2D eigenvalue weighted by Gasteiger charge is -2.45. The van der Waals surface area contributed by atoms with Crippen LogP contribution in [-0.2, 0) is 4.74 Å². The second-order valence-corrected chi connectivity index (χ2v) is 6.73. The Morgan fingerprint density at radius 2 is 2.06 bits per heavy atom. The Bertz CT molecular complexity index is 288. The number of alkyl halides is 1. The van der Waals surface area contributed by atoms with Crippen molar-refractivity contribution in [1.29, 1.82) is 0 Å². The summed E-state index contributed by atoms with van der Waals surface area (Å²) in [5, 5.41) is 0.